The fourth-order valence-electron chi connectivity index (χ4n) is 2.54. The molecule has 104 valence electrons. The van der Waals surface area contributed by atoms with Crippen LogP contribution in [-0.2, 0) is 0 Å². The molecule has 2 rings (SSSR count). The van der Waals surface area contributed by atoms with Gasteiger partial charge in [0.25, 0.3) is 5.91 Å². The van der Waals surface area contributed by atoms with Gasteiger partial charge in [-0.15, -0.1) is 0 Å². The van der Waals surface area contributed by atoms with Crippen LogP contribution in [0.15, 0.2) is 18.2 Å². The van der Waals surface area contributed by atoms with E-state index in [9.17, 15) is 4.79 Å². The quantitative estimate of drug-likeness (QED) is 0.825. The summed E-state index contributed by atoms with van der Waals surface area (Å²) in [5, 5.41) is 0. The molecule has 1 amide bonds. The third-order valence-electron chi connectivity index (χ3n) is 3.81. The highest BCUT2D eigenvalue weighted by atomic mass is 16.2. The largest absolute Gasteiger partial charge is 0.399 e. The molecule has 19 heavy (non-hydrogen) atoms. The van der Waals surface area contributed by atoms with Crippen LogP contribution < -0.4 is 5.73 Å². The molecule has 0 saturated carbocycles. The third kappa shape index (κ3) is 3.07. The average Bonchev–Trinajstić information content (AvgIpc) is 2.38. The number of carbonyl (C=O) groups excluding carboxylic acids is 1. The van der Waals surface area contributed by atoms with E-state index in [1.165, 1.54) is 0 Å². The van der Waals surface area contributed by atoms with Crippen LogP contribution in [0, 0.1) is 6.92 Å². The van der Waals surface area contributed by atoms with Crippen LogP contribution in [0.25, 0.3) is 0 Å². The molecule has 0 aromatic heterocycles. The fraction of sp³-hybridized carbons (Fsp3) is 0.533. The van der Waals surface area contributed by atoms with Crippen LogP contribution in [0.3, 0.4) is 0 Å². The SMILES string of the molecule is Cc1cc(N)ccc1C(=O)N1CCN(C(C)C)CC1. The van der Waals surface area contributed by atoms with Gasteiger partial charge in [0.1, 0.15) is 0 Å². The van der Waals surface area contributed by atoms with E-state index in [1.807, 2.05) is 24.0 Å². The van der Waals surface area contributed by atoms with Gasteiger partial charge in [-0.05, 0) is 44.5 Å². The zero-order chi connectivity index (χ0) is 14.0. The molecule has 1 fully saturated rings. The summed E-state index contributed by atoms with van der Waals surface area (Å²) in [5.74, 6) is 0.126. The Bertz CT molecular complexity index is 462. The molecule has 1 aliphatic rings. The fourth-order valence-corrected chi connectivity index (χ4v) is 2.54. The molecule has 0 bridgehead atoms. The van der Waals surface area contributed by atoms with E-state index < -0.39 is 0 Å². The maximum Gasteiger partial charge on any atom is 0.254 e. The molecule has 2 N–H and O–H groups in total. The maximum absolute atomic E-state index is 12.5. The minimum atomic E-state index is 0.126. The van der Waals surface area contributed by atoms with E-state index in [0.29, 0.717) is 11.7 Å². The number of piperazine rings is 1. The molecule has 0 unspecified atom stereocenters. The predicted octanol–water partition coefficient (Wildman–Crippen LogP) is 1.74. The molecular formula is C15H23N3O. The maximum atomic E-state index is 12.5. The lowest BCUT2D eigenvalue weighted by molar-refractivity contribution is 0.0595. The number of anilines is 1. The van der Waals surface area contributed by atoms with E-state index in [-0.39, 0.29) is 5.91 Å². The molecule has 0 aliphatic carbocycles. The van der Waals surface area contributed by atoms with Crippen LogP contribution in [-0.4, -0.2) is 47.9 Å². The van der Waals surface area contributed by atoms with Crippen molar-refractivity contribution in [1.82, 2.24) is 9.80 Å². The Kier molecular flexibility index (Phi) is 4.10. The first kappa shape index (κ1) is 13.9. The summed E-state index contributed by atoms with van der Waals surface area (Å²) in [6.07, 6.45) is 0. The van der Waals surface area contributed by atoms with Gasteiger partial charge in [0, 0.05) is 43.5 Å². The van der Waals surface area contributed by atoms with Crippen molar-refractivity contribution >= 4 is 11.6 Å². The molecule has 4 heteroatoms. The van der Waals surface area contributed by atoms with Gasteiger partial charge in [0.15, 0.2) is 0 Å². The molecule has 1 aliphatic heterocycles. The molecule has 0 radical (unpaired) electrons. The third-order valence-corrected chi connectivity index (χ3v) is 3.81. The van der Waals surface area contributed by atoms with Gasteiger partial charge in [-0.1, -0.05) is 0 Å². The first-order valence-corrected chi connectivity index (χ1v) is 6.88. The van der Waals surface area contributed by atoms with E-state index in [4.69, 9.17) is 5.73 Å². The molecule has 4 nitrogen and oxygen atoms in total. The molecule has 1 aromatic rings. The van der Waals surface area contributed by atoms with E-state index >= 15 is 0 Å². The van der Waals surface area contributed by atoms with Crippen molar-refractivity contribution in [2.75, 3.05) is 31.9 Å². The zero-order valence-electron chi connectivity index (χ0n) is 12.0. The summed E-state index contributed by atoms with van der Waals surface area (Å²) in [5.41, 5.74) is 8.16. The average molecular weight is 261 g/mol. The van der Waals surface area contributed by atoms with Crippen LogP contribution in [0.5, 0.6) is 0 Å². The monoisotopic (exact) mass is 261 g/mol. The number of hydrogen-bond acceptors (Lipinski definition) is 3. The second-order valence-corrected chi connectivity index (χ2v) is 5.50. The smallest absolute Gasteiger partial charge is 0.254 e. The lowest BCUT2D eigenvalue weighted by Gasteiger charge is -2.37. The number of amides is 1. The van der Waals surface area contributed by atoms with Crippen molar-refractivity contribution in [1.29, 1.82) is 0 Å². The van der Waals surface area contributed by atoms with Gasteiger partial charge >= 0.3 is 0 Å². The van der Waals surface area contributed by atoms with Crippen LogP contribution in [0.2, 0.25) is 0 Å². The van der Waals surface area contributed by atoms with Gasteiger partial charge in [-0.3, -0.25) is 9.69 Å². The van der Waals surface area contributed by atoms with Crippen molar-refractivity contribution < 1.29 is 4.79 Å². The summed E-state index contributed by atoms with van der Waals surface area (Å²) >= 11 is 0. The van der Waals surface area contributed by atoms with Crippen LogP contribution in [0.4, 0.5) is 5.69 Å². The highest BCUT2D eigenvalue weighted by Gasteiger charge is 2.23. The van der Waals surface area contributed by atoms with E-state index in [0.717, 1.165) is 37.3 Å². The summed E-state index contributed by atoms with van der Waals surface area (Å²) in [6.45, 7) is 9.85. The minimum Gasteiger partial charge on any atom is -0.399 e. The summed E-state index contributed by atoms with van der Waals surface area (Å²) in [6, 6.07) is 6.04. The second-order valence-electron chi connectivity index (χ2n) is 5.50. The number of rotatable bonds is 2. The van der Waals surface area contributed by atoms with Crippen molar-refractivity contribution in [2.24, 2.45) is 0 Å². The van der Waals surface area contributed by atoms with Crippen molar-refractivity contribution in [3.8, 4) is 0 Å². The first-order chi connectivity index (χ1) is 8.99. The van der Waals surface area contributed by atoms with Crippen LogP contribution in [0.1, 0.15) is 29.8 Å². The highest BCUT2D eigenvalue weighted by molar-refractivity contribution is 5.96. The predicted molar refractivity (Wildman–Crippen MR) is 78.2 cm³/mol. The van der Waals surface area contributed by atoms with Crippen molar-refractivity contribution in [3.05, 3.63) is 29.3 Å². The minimum absolute atomic E-state index is 0.126. The molecule has 1 aromatic carbocycles. The highest BCUT2D eigenvalue weighted by Crippen LogP contribution is 2.16. The summed E-state index contributed by atoms with van der Waals surface area (Å²) in [7, 11) is 0. The van der Waals surface area contributed by atoms with Gasteiger partial charge in [-0.2, -0.15) is 0 Å². The van der Waals surface area contributed by atoms with Gasteiger partial charge in [0.05, 0.1) is 0 Å². The molecule has 1 heterocycles. The van der Waals surface area contributed by atoms with Gasteiger partial charge in [0.2, 0.25) is 0 Å². The Morgan fingerprint density at radius 2 is 1.84 bits per heavy atom. The number of benzene rings is 1. The van der Waals surface area contributed by atoms with Gasteiger partial charge < -0.3 is 10.6 Å². The Labute approximate surface area is 115 Å². The number of aryl methyl sites for hydroxylation is 1. The Morgan fingerprint density at radius 3 is 2.37 bits per heavy atom. The zero-order valence-corrected chi connectivity index (χ0v) is 12.0. The lowest BCUT2D eigenvalue weighted by Crippen LogP contribution is -2.50. The Balaban J connectivity index is 2.05. The number of carbonyl (C=O) groups is 1. The number of hydrogen-bond donors (Lipinski definition) is 1. The molecule has 0 spiro atoms. The Morgan fingerprint density at radius 1 is 1.21 bits per heavy atom. The number of nitrogens with zero attached hydrogens (tertiary/aromatic N) is 2. The lowest BCUT2D eigenvalue weighted by atomic mass is 10.1. The first-order valence-electron chi connectivity index (χ1n) is 6.88. The Hall–Kier alpha value is -1.55. The summed E-state index contributed by atoms with van der Waals surface area (Å²) in [4.78, 5) is 16.8. The number of nitrogens with two attached hydrogens (primary N) is 1. The standard InChI is InChI=1S/C15H23N3O/c1-11(2)17-6-8-18(9-7-17)15(19)14-5-4-13(16)10-12(14)3/h4-5,10-11H,6-9,16H2,1-3H3. The van der Waals surface area contributed by atoms with Gasteiger partial charge in [-0.25, -0.2) is 0 Å². The van der Waals surface area contributed by atoms with E-state index in [1.54, 1.807) is 6.07 Å². The van der Waals surface area contributed by atoms with Crippen molar-refractivity contribution in [3.63, 3.8) is 0 Å². The molecule has 0 atom stereocenters. The number of nitrogen functional groups attached to an aromatic ring is 1. The second kappa shape index (κ2) is 5.61. The normalized spacial score (nSPS) is 16.9. The van der Waals surface area contributed by atoms with Crippen molar-refractivity contribution in [2.45, 2.75) is 26.8 Å². The molecular weight excluding hydrogens is 238 g/mol. The molecule has 1 saturated heterocycles. The summed E-state index contributed by atoms with van der Waals surface area (Å²) < 4.78 is 0. The van der Waals surface area contributed by atoms with Crippen LogP contribution >= 0.6 is 0 Å². The topological polar surface area (TPSA) is 49.6 Å². The van der Waals surface area contributed by atoms with E-state index in [2.05, 4.69) is 18.7 Å².